The fraction of sp³-hybridized carbons (Fsp3) is 0.429. The molecule has 0 saturated carbocycles. The standard InChI is InChI=1S/C14H14F3N3O5/c1-8-7-13(22,14(15,16)17)19(18-8)12(21)9(2)25-11-5-3-10(4-6-11)20(23)24/h3-6,9,22H,7H2,1-2H3/t9-,13+/m0/s1. The van der Waals surface area contributed by atoms with Crippen molar-refractivity contribution in [1.29, 1.82) is 0 Å². The summed E-state index contributed by atoms with van der Waals surface area (Å²) in [7, 11) is 0. The summed E-state index contributed by atoms with van der Waals surface area (Å²) in [6, 6.07) is 4.65. The summed E-state index contributed by atoms with van der Waals surface area (Å²) >= 11 is 0. The molecule has 1 N–H and O–H groups in total. The van der Waals surface area contributed by atoms with Gasteiger partial charge >= 0.3 is 6.18 Å². The van der Waals surface area contributed by atoms with E-state index in [-0.39, 0.29) is 22.2 Å². The van der Waals surface area contributed by atoms with Gasteiger partial charge in [-0.1, -0.05) is 0 Å². The number of nitro groups is 1. The van der Waals surface area contributed by atoms with Gasteiger partial charge in [0, 0.05) is 24.3 Å². The number of hydrogen-bond acceptors (Lipinski definition) is 6. The minimum atomic E-state index is -5.10. The number of nitro benzene ring substituents is 1. The predicted octanol–water partition coefficient (Wildman–Crippen LogP) is 2.22. The zero-order valence-electron chi connectivity index (χ0n) is 13.1. The molecule has 1 amide bonds. The first-order valence-electron chi connectivity index (χ1n) is 7.04. The molecule has 8 nitrogen and oxygen atoms in total. The molecule has 25 heavy (non-hydrogen) atoms. The molecule has 0 saturated heterocycles. The van der Waals surface area contributed by atoms with Crippen LogP contribution in [0.1, 0.15) is 20.3 Å². The highest BCUT2D eigenvalue weighted by Gasteiger charge is 2.63. The maximum absolute atomic E-state index is 13.1. The zero-order valence-corrected chi connectivity index (χ0v) is 13.1. The summed E-state index contributed by atoms with van der Waals surface area (Å²) in [5.74, 6) is -1.16. The maximum atomic E-state index is 13.1. The monoisotopic (exact) mass is 361 g/mol. The smallest absolute Gasteiger partial charge is 0.438 e. The number of carbonyl (C=O) groups excluding carboxylic acids is 1. The van der Waals surface area contributed by atoms with Gasteiger partial charge in [0.15, 0.2) is 6.10 Å². The molecule has 1 aliphatic rings. The SMILES string of the molecule is CC1=NN(C(=O)[C@H](C)Oc2ccc([N+](=O)[O-])cc2)[C@](O)(C(F)(F)F)C1. The molecule has 1 heterocycles. The molecular weight excluding hydrogens is 347 g/mol. The molecule has 2 rings (SSSR count). The number of non-ortho nitro benzene ring substituents is 1. The number of amides is 1. The first kappa shape index (κ1) is 18.6. The van der Waals surface area contributed by atoms with Gasteiger partial charge in [-0.25, -0.2) is 0 Å². The second-order valence-corrected chi connectivity index (χ2v) is 5.49. The average Bonchev–Trinajstić information content (AvgIpc) is 2.82. The van der Waals surface area contributed by atoms with E-state index < -0.39 is 35.3 Å². The molecule has 0 spiro atoms. The van der Waals surface area contributed by atoms with Crippen LogP contribution in [0.5, 0.6) is 5.75 Å². The van der Waals surface area contributed by atoms with Gasteiger partial charge in [-0.2, -0.15) is 23.3 Å². The molecule has 0 bridgehead atoms. The highest BCUT2D eigenvalue weighted by molar-refractivity contribution is 5.90. The summed E-state index contributed by atoms with van der Waals surface area (Å²) in [5, 5.41) is 23.9. The second kappa shape index (κ2) is 6.31. The largest absolute Gasteiger partial charge is 0.481 e. The lowest BCUT2D eigenvalue weighted by Crippen LogP contribution is -2.58. The molecule has 0 aromatic heterocycles. The van der Waals surface area contributed by atoms with Crippen LogP contribution in [0.3, 0.4) is 0 Å². The van der Waals surface area contributed by atoms with Crippen molar-refractivity contribution >= 4 is 17.3 Å². The number of halogens is 3. The van der Waals surface area contributed by atoms with Crippen molar-refractivity contribution in [2.75, 3.05) is 0 Å². The minimum Gasteiger partial charge on any atom is -0.481 e. The number of rotatable bonds is 4. The number of carbonyl (C=O) groups is 1. The highest BCUT2D eigenvalue weighted by atomic mass is 19.4. The third-order valence-electron chi connectivity index (χ3n) is 3.49. The number of nitrogens with zero attached hydrogens (tertiary/aromatic N) is 3. The van der Waals surface area contributed by atoms with Crippen molar-refractivity contribution in [2.24, 2.45) is 5.10 Å². The van der Waals surface area contributed by atoms with Crippen LogP contribution >= 0.6 is 0 Å². The Labute approximate surface area is 139 Å². The van der Waals surface area contributed by atoms with E-state index in [1.54, 1.807) is 0 Å². The van der Waals surface area contributed by atoms with Crippen LogP contribution < -0.4 is 4.74 Å². The van der Waals surface area contributed by atoms with Crippen molar-refractivity contribution in [3.05, 3.63) is 34.4 Å². The molecule has 0 unspecified atom stereocenters. The number of alkyl halides is 3. The molecule has 2 atom stereocenters. The van der Waals surface area contributed by atoms with Gasteiger partial charge in [-0.05, 0) is 26.0 Å². The fourth-order valence-corrected chi connectivity index (χ4v) is 2.25. The van der Waals surface area contributed by atoms with Gasteiger partial charge in [-0.3, -0.25) is 14.9 Å². The van der Waals surface area contributed by atoms with E-state index >= 15 is 0 Å². The van der Waals surface area contributed by atoms with Gasteiger partial charge in [0.2, 0.25) is 0 Å². The lowest BCUT2D eigenvalue weighted by Gasteiger charge is -2.33. The van der Waals surface area contributed by atoms with Crippen molar-refractivity contribution in [3.63, 3.8) is 0 Å². The average molecular weight is 361 g/mol. The Morgan fingerprint density at radius 3 is 2.48 bits per heavy atom. The fourth-order valence-electron chi connectivity index (χ4n) is 2.25. The van der Waals surface area contributed by atoms with E-state index in [0.717, 1.165) is 12.1 Å². The molecule has 136 valence electrons. The first-order valence-corrected chi connectivity index (χ1v) is 7.04. The van der Waals surface area contributed by atoms with E-state index in [2.05, 4.69) is 5.10 Å². The number of aliphatic hydroxyl groups is 1. The van der Waals surface area contributed by atoms with Gasteiger partial charge in [-0.15, -0.1) is 0 Å². The van der Waals surface area contributed by atoms with E-state index in [1.807, 2.05) is 0 Å². The third-order valence-corrected chi connectivity index (χ3v) is 3.49. The number of hydrazone groups is 1. The molecule has 0 radical (unpaired) electrons. The van der Waals surface area contributed by atoms with Gasteiger partial charge in [0.25, 0.3) is 17.3 Å². The van der Waals surface area contributed by atoms with Gasteiger partial charge in [0.05, 0.1) is 4.92 Å². The predicted molar refractivity (Wildman–Crippen MR) is 78.8 cm³/mol. The van der Waals surface area contributed by atoms with Crippen molar-refractivity contribution in [3.8, 4) is 5.75 Å². The second-order valence-electron chi connectivity index (χ2n) is 5.49. The summed E-state index contributed by atoms with van der Waals surface area (Å²) in [6.45, 7) is 2.44. The van der Waals surface area contributed by atoms with Crippen LogP contribution in [0, 0.1) is 10.1 Å². The Hall–Kier alpha value is -2.69. The molecule has 0 fully saturated rings. The summed E-state index contributed by atoms with van der Waals surface area (Å²) < 4.78 is 44.6. The minimum absolute atomic E-state index is 0.0294. The van der Waals surface area contributed by atoms with Crippen molar-refractivity contribution in [2.45, 2.75) is 38.3 Å². The Morgan fingerprint density at radius 2 is 2.00 bits per heavy atom. The Bertz CT molecular complexity index is 719. The van der Waals surface area contributed by atoms with Crippen LogP contribution in [0.15, 0.2) is 29.4 Å². The zero-order chi connectivity index (χ0) is 19.0. The van der Waals surface area contributed by atoms with E-state index in [9.17, 15) is 33.2 Å². The maximum Gasteiger partial charge on any atom is 0.438 e. The van der Waals surface area contributed by atoms with Crippen LogP contribution in [-0.2, 0) is 4.79 Å². The number of benzene rings is 1. The van der Waals surface area contributed by atoms with Crippen LogP contribution in [0.2, 0.25) is 0 Å². The Morgan fingerprint density at radius 1 is 1.44 bits per heavy atom. The summed E-state index contributed by atoms with van der Waals surface area (Å²) in [6.07, 6.45) is -7.37. The molecule has 1 aromatic rings. The lowest BCUT2D eigenvalue weighted by molar-refractivity contribution is -0.384. The molecule has 11 heteroatoms. The van der Waals surface area contributed by atoms with Crippen LogP contribution in [-0.4, -0.2) is 44.7 Å². The number of ether oxygens (including phenoxy) is 1. The highest BCUT2D eigenvalue weighted by Crippen LogP contribution is 2.40. The first-order chi connectivity index (χ1) is 11.5. The number of hydrogen-bond donors (Lipinski definition) is 1. The van der Waals surface area contributed by atoms with Crippen molar-refractivity contribution in [1.82, 2.24) is 5.01 Å². The Balaban J connectivity index is 2.17. The van der Waals surface area contributed by atoms with Crippen LogP contribution in [0.4, 0.5) is 18.9 Å². The van der Waals surface area contributed by atoms with Crippen LogP contribution in [0.25, 0.3) is 0 Å². The molecular formula is C14H14F3N3O5. The molecule has 0 aliphatic carbocycles. The van der Waals surface area contributed by atoms with E-state index in [0.29, 0.717) is 0 Å². The summed E-state index contributed by atoms with van der Waals surface area (Å²) in [4.78, 5) is 22.2. The van der Waals surface area contributed by atoms with Gasteiger partial charge in [0.1, 0.15) is 5.75 Å². The topological polar surface area (TPSA) is 105 Å². The lowest BCUT2D eigenvalue weighted by atomic mass is 10.1. The van der Waals surface area contributed by atoms with Crippen molar-refractivity contribution < 1.29 is 32.7 Å². The molecule has 1 aliphatic heterocycles. The van der Waals surface area contributed by atoms with E-state index in [1.165, 1.54) is 26.0 Å². The Kier molecular flexibility index (Phi) is 4.71. The summed E-state index contributed by atoms with van der Waals surface area (Å²) in [5.41, 5.74) is -3.70. The molecule has 1 aromatic carbocycles. The quantitative estimate of drug-likeness (QED) is 0.654. The third kappa shape index (κ3) is 3.55. The van der Waals surface area contributed by atoms with E-state index in [4.69, 9.17) is 4.74 Å². The van der Waals surface area contributed by atoms with Gasteiger partial charge < -0.3 is 9.84 Å². The normalized spacial score (nSPS) is 21.7.